The third-order valence-electron chi connectivity index (χ3n) is 6.42. The van der Waals surface area contributed by atoms with Gasteiger partial charge in [-0.25, -0.2) is 4.79 Å². The number of amides is 3. The van der Waals surface area contributed by atoms with E-state index >= 15 is 0 Å². The Hall–Kier alpha value is -3.46. The van der Waals surface area contributed by atoms with Gasteiger partial charge in [-0.15, -0.1) is 0 Å². The number of nitrogens with one attached hydrogen (secondary N) is 1. The number of aromatic nitrogens is 1. The zero-order valence-corrected chi connectivity index (χ0v) is 23.0. The molecular formula is C28H38N4O5. The topological polar surface area (TPSA) is 101 Å². The van der Waals surface area contributed by atoms with Crippen LogP contribution in [-0.4, -0.2) is 47.6 Å². The van der Waals surface area contributed by atoms with Crippen molar-refractivity contribution in [2.75, 3.05) is 24.4 Å². The van der Waals surface area contributed by atoms with E-state index < -0.39 is 17.1 Å². The van der Waals surface area contributed by atoms with Crippen molar-refractivity contribution in [2.45, 2.75) is 72.8 Å². The first-order valence-electron chi connectivity index (χ1n) is 12.4. The molecule has 0 radical (unpaired) electrons. The van der Waals surface area contributed by atoms with Crippen LogP contribution in [0.4, 0.5) is 16.2 Å². The van der Waals surface area contributed by atoms with Crippen molar-refractivity contribution in [1.82, 2.24) is 9.88 Å². The maximum atomic E-state index is 13.5. The molecule has 2 heterocycles. The zero-order valence-electron chi connectivity index (χ0n) is 23.0. The monoisotopic (exact) mass is 510 g/mol. The smallest absolute Gasteiger partial charge is 0.411 e. The lowest BCUT2D eigenvalue weighted by Crippen LogP contribution is -2.43. The number of carbonyl (C=O) groups excluding carboxylic acids is 3. The molecule has 9 nitrogen and oxygen atoms in total. The number of carbonyl (C=O) groups is 3. The van der Waals surface area contributed by atoms with Crippen molar-refractivity contribution in [3.63, 3.8) is 0 Å². The maximum absolute atomic E-state index is 13.5. The fourth-order valence-electron chi connectivity index (χ4n) is 4.37. The number of benzene rings is 1. The molecule has 2 aromatic rings. The molecule has 0 saturated carbocycles. The summed E-state index contributed by atoms with van der Waals surface area (Å²) in [6.45, 7) is 11.3. The summed E-state index contributed by atoms with van der Waals surface area (Å²) < 4.78 is 11.1. The predicted molar refractivity (Wildman–Crippen MR) is 142 cm³/mol. The van der Waals surface area contributed by atoms with Crippen LogP contribution in [0.15, 0.2) is 36.5 Å². The lowest BCUT2D eigenvalue weighted by Gasteiger charge is -2.34. The normalized spacial score (nSPS) is 15.9. The standard InChI is InChI=1S/C28H38N4O5/c1-9-22(18-12-13-20-23(15-18)31(7)25(34)28(5,6)24(33)30-20)32(26(35)37-27(2,3)4)16-19-11-10-14-29-21(19)17-36-8/h10-15,22H,9,16-17H2,1-8H3,(H,30,33). The third kappa shape index (κ3) is 6.10. The van der Waals surface area contributed by atoms with E-state index in [0.29, 0.717) is 24.4 Å². The summed E-state index contributed by atoms with van der Waals surface area (Å²) in [6.07, 6.45) is 1.83. The highest BCUT2D eigenvalue weighted by Crippen LogP contribution is 2.38. The molecule has 37 heavy (non-hydrogen) atoms. The Labute approximate surface area is 219 Å². The van der Waals surface area contributed by atoms with Gasteiger partial charge in [-0.1, -0.05) is 19.1 Å². The van der Waals surface area contributed by atoms with Gasteiger partial charge in [0.05, 0.1) is 36.3 Å². The Morgan fingerprint density at radius 1 is 1.22 bits per heavy atom. The fourth-order valence-corrected chi connectivity index (χ4v) is 4.37. The summed E-state index contributed by atoms with van der Waals surface area (Å²) in [5, 5.41) is 2.87. The SMILES string of the molecule is CCC(c1ccc2c(c1)N(C)C(=O)C(C)(C)C(=O)N2)N(Cc1cccnc1COC)C(=O)OC(C)(C)C. The minimum absolute atomic E-state index is 0.259. The van der Waals surface area contributed by atoms with Crippen LogP contribution in [0.3, 0.4) is 0 Å². The summed E-state index contributed by atoms with van der Waals surface area (Å²) in [4.78, 5) is 46.9. The van der Waals surface area contributed by atoms with Crippen molar-refractivity contribution in [2.24, 2.45) is 5.41 Å². The van der Waals surface area contributed by atoms with Gasteiger partial charge >= 0.3 is 6.09 Å². The van der Waals surface area contributed by atoms with Gasteiger partial charge in [-0.3, -0.25) is 19.5 Å². The Morgan fingerprint density at radius 3 is 2.54 bits per heavy atom. The van der Waals surface area contributed by atoms with Gasteiger partial charge in [0.1, 0.15) is 11.0 Å². The number of fused-ring (bicyclic) bond motifs is 1. The van der Waals surface area contributed by atoms with Crippen LogP contribution < -0.4 is 10.2 Å². The van der Waals surface area contributed by atoms with E-state index in [0.717, 1.165) is 16.8 Å². The van der Waals surface area contributed by atoms with Gasteiger partial charge in [-0.2, -0.15) is 0 Å². The number of hydrogen-bond donors (Lipinski definition) is 1. The first-order chi connectivity index (χ1) is 17.3. The highest BCUT2D eigenvalue weighted by Gasteiger charge is 2.42. The van der Waals surface area contributed by atoms with E-state index in [1.807, 2.05) is 52.0 Å². The molecular weight excluding hydrogens is 472 g/mol. The van der Waals surface area contributed by atoms with E-state index in [2.05, 4.69) is 10.3 Å². The van der Waals surface area contributed by atoms with E-state index in [1.54, 1.807) is 45.2 Å². The second-order valence-electron chi connectivity index (χ2n) is 10.8. The minimum Gasteiger partial charge on any atom is -0.444 e. The number of rotatable bonds is 7. The fraction of sp³-hybridized carbons (Fsp3) is 0.500. The van der Waals surface area contributed by atoms with Crippen LogP contribution in [0, 0.1) is 5.41 Å². The van der Waals surface area contributed by atoms with Crippen molar-refractivity contribution in [3.8, 4) is 0 Å². The first kappa shape index (κ1) is 28.1. The maximum Gasteiger partial charge on any atom is 0.411 e. The van der Waals surface area contributed by atoms with Gasteiger partial charge < -0.3 is 19.7 Å². The van der Waals surface area contributed by atoms with Crippen molar-refractivity contribution >= 4 is 29.3 Å². The lowest BCUT2D eigenvalue weighted by atomic mass is 9.91. The van der Waals surface area contributed by atoms with Crippen molar-refractivity contribution in [1.29, 1.82) is 0 Å². The van der Waals surface area contributed by atoms with Gasteiger partial charge in [-0.05, 0) is 70.4 Å². The summed E-state index contributed by atoms with van der Waals surface area (Å²) in [5.74, 6) is -0.668. The molecule has 9 heteroatoms. The molecule has 3 rings (SSSR count). The van der Waals surface area contributed by atoms with Crippen LogP contribution in [0.25, 0.3) is 0 Å². The summed E-state index contributed by atoms with van der Waals surface area (Å²) >= 11 is 0. The minimum atomic E-state index is -1.21. The van der Waals surface area contributed by atoms with Crippen LogP contribution in [0.1, 0.15) is 70.8 Å². The van der Waals surface area contributed by atoms with Crippen LogP contribution in [-0.2, 0) is 32.2 Å². The van der Waals surface area contributed by atoms with Crippen molar-refractivity contribution in [3.05, 3.63) is 53.3 Å². The Kier molecular flexibility index (Phi) is 8.27. The molecule has 3 amide bonds. The number of methoxy groups -OCH3 is 1. The Bertz CT molecular complexity index is 1170. The average molecular weight is 511 g/mol. The zero-order chi connectivity index (χ0) is 27.5. The van der Waals surface area contributed by atoms with E-state index in [9.17, 15) is 14.4 Å². The highest BCUT2D eigenvalue weighted by atomic mass is 16.6. The Morgan fingerprint density at radius 2 is 1.92 bits per heavy atom. The second-order valence-corrected chi connectivity index (χ2v) is 10.8. The number of ether oxygens (including phenoxy) is 2. The number of anilines is 2. The molecule has 0 saturated heterocycles. The molecule has 1 aliphatic heterocycles. The van der Waals surface area contributed by atoms with Gasteiger partial charge in [0.15, 0.2) is 0 Å². The van der Waals surface area contributed by atoms with Crippen LogP contribution in [0.5, 0.6) is 0 Å². The average Bonchev–Trinajstić information content (AvgIpc) is 2.88. The largest absolute Gasteiger partial charge is 0.444 e. The summed E-state index contributed by atoms with van der Waals surface area (Å²) in [6, 6.07) is 8.90. The number of pyridine rings is 1. The molecule has 0 aliphatic carbocycles. The second kappa shape index (κ2) is 10.9. The summed E-state index contributed by atoms with van der Waals surface area (Å²) in [5.41, 5.74) is 1.63. The molecule has 0 bridgehead atoms. The lowest BCUT2D eigenvalue weighted by molar-refractivity contribution is -0.136. The predicted octanol–water partition coefficient (Wildman–Crippen LogP) is 5.06. The van der Waals surface area contributed by atoms with Gasteiger partial charge in [0.25, 0.3) is 0 Å². The number of nitrogens with zero attached hydrogens (tertiary/aromatic N) is 3. The molecule has 1 aromatic heterocycles. The third-order valence-corrected chi connectivity index (χ3v) is 6.42. The highest BCUT2D eigenvalue weighted by molar-refractivity contribution is 6.19. The summed E-state index contributed by atoms with van der Waals surface area (Å²) in [7, 11) is 3.26. The van der Waals surface area contributed by atoms with Gasteiger partial charge in [0.2, 0.25) is 11.8 Å². The van der Waals surface area contributed by atoms with Gasteiger partial charge in [0, 0.05) is 20.4 Å². The molecule has 1 N–H and O–H groups in total. The number of hydrogen-bond acceptors (Lipinski definition) is 6. The first-order valence-corrected chi connectivity index (χ1v) is 12.4. The van der Waals surface area contributed by atoms with E-state index in [1.165, 1.54) is 4.90 Å². The molecule has 1 atom stereocenters. The molecule has 1 unspecified atom stereocenters. The molecule has 200 valence electrons. The van der Waals surface area contributed by atoms with Crippen molar-refractivity contribution < 1.29 is 23.9 Å². The van der Waals surface area contributed by atoms with Crippen LogP contribution >= 0.6 is 0 Å². The Balaban J connectivity index is 2.07. The molecule has 1 aliphatic rings. The van der Waals surface area contributed by atoms with Crippen LogP contribution in [0.2, 0.25) is 0 Å². The van der Waals surface area contributed by atoms with E-state index in [-0.39, 0.29) is 24.4 Å². The molecule has 0 spiro atoms. The molecule has 0 fully saturated rings. The quantitative estimate of drug-likeness (QED) is 0.523. The molecule has 1 aromatic carbocycles. The van der Waals surface area contributed by atoms with E-state index in [4.69, 9.17) is 9.47 Å².